The molecule has 0 spiro atoms. The maximum atomic E-state index is 3.60. The molecule has 2 aliphatic carbocycles. The lowest BCUT2D eigenvalue weighted by atomic mass is 10.1. The Morgan fingerprint density at radius 1 is 1.17 bits per heavy atom. The molecule has 1 aromatic rings. The van der Waals surface area contributed by atoms with E-state index < -0.39 is 0 Å². The fourth-order valence-electron chi connectivity index (χ4n) is 2.68. The van der Waals surface area contributed by atoms with Crippen LogP contribution in [0.5, 0.6) is 0 Å². The van der Waals surface area contributed by atoms with Gasteiger partial charge in [0.25, 0.3) is 0 Å². The normalized spacial score (nSPS) is 20.5. The van der Waals surface area contributed by atoms with Crippen molar-refractivity contribution in [1.29, 1.82) is 0 Å². The summed E-state index contributed by atoms with van der Waals surface area (Å²) in [6.07, 6.45) is 8.42. The number of benzene rings is 1. The van der Waals surface area contributed by atoms with E-state index in [-0.39, 0.29) is 0 Å². The van der Waals surface area contributed by atoms with E-state index in [1.54, 1.807) is 0 Å². The molecule has 1 aromatic carbocycles. The first-order chi connectivity index (χ1) is 8.81. The summed E-state index contributed by atoms with van der Waals surface area (Å²) in [5, 5.41) is 4.47. The second kappa shape index (κ2) is 5.66. The van der Waals surface area contributed by atoms with Gasteiger partial charge in [-0.2, -0.15) is 0 Å². The maximum Gasteiger partial charge on any atom is 0.0210 e. The van der Waals surface area contributed by atoms with Crippen LogP contribution < -0.4 is 5.32 Å². The molecule has 3 rings (SSSR count). The van der Waals surface area contributed by atoms with E-state index in [1.165, 1.54) is 54.5 Å². The zero-order chi connectivity index (χ0) is 12.4. The summed E-state index contributed by atoms with van der Waals surface area (Å²) < 4.78 is 0. The third-order valence-electron chi connectivity index (χ3n) is 4.08. The van der Waals surface area contributed by atoms with Gasteiger partial charge in [-0.1, -0.05) is 18.9 Å². The molecular weight excluding hydrogens is 238 g/mol. The molecule has 0 aromatic heterocycles. The lowest BCUT2D eigenvalue weighted by Crippen LogP contribution is -2.15. The summed E-state index contributed by atoms with van der Waals surface area (Å²) in [6, 6.07) is 7.83. The van der Waals surface area contributed by atoms with Gasteiger partial charge in [0.1, 0.15) is 0 Å². The number of hydrogen-bond acceptors (Lipinski definition) is 2. The molecule has 0 radical (unpaired) electrons. The minimum absolute atomic E-state index is 0.803. The fraction of sp³-hybridized carbons (Fsp3) is 0.625. The van der Waals surface area contributed by atoms with Gasteiger partial charge in [0.15, 0.2) is 0 Å². The lowest BCUT2D eigenvalue weighted by Gasteiger charge is -2.12. The molecule has 0 amide bonds. The van der Waals surface area contributed by atoms with E-state index in [2.05, 4.69) is 42.2 Å². The van der Waals surface area contributed by atoms with Gasteiger partial charge in [-0.3, -0.25) is 0 Å². The Hall–Kier alpha value is -0.470. The van der Waals surface area contributed by atoms with Crippen LogP contribution in [0.3, 0.4) is 0 Å². The molecule has 0 atom stereocenters. The highest BCUT2D eigenvalue weighted by Gasteiger charge is 2.20. The first kappa shape index (κ1) is 12.6. The van der Waals surface area contributed by atoms with Crippen LogP contribution in [0.1, 0.15) is 49.7 Å². The second-order valence-electron chi connectivity index (χ2n) is 5.77. The molecule has 0 bridgehead atoms. The molecule has 0 aliphatic heterocycles. The van der Waals surface area contributed by atoms with Gasteiger partial charge in [-0.05, 0) is 55.9 Å². The van der Waals surface area contributed by atoms with Gasteiger partial charge in [0.2, 0.25) is 0 Å². The van der Waals surface area contributed by atoms with Crippen molar-refractivity contribution in [3.63, 3.8) is 0 Å². The molecular formula is C16H23NS. The van der Waals surface area contributed by atoms with Crippen molar-refractivity contribution in [3.05, 3.63) is 29.3 Å². The molecule has 18 heavy (non-hydrogen) atoms. The Labute approximate surface area is 115 Å². The van der Waals surface area contributed by atoms with Crippen LogP contribution in [0.15, 0.2) is 23.1 Å². The average molecular weight is 261 g/mol. The summed E-state index contributed by atoms with van der Waals surface area (Å²) in [6.45, 7) is 3.30. The first-order valence-corrected chi connectivity index (χ1v) is 8.19. The largest absolute Gasteiger partial charge is 0.310 e. The Kier molecular flexibility index (Phi) is 3.95. The van der Waals surface area contributed by atoms with E-state index in [9.17, 15) is 0 Å². The summed E-state index contributed by atoms with van der Waals surface area (Å²) >= 11 is 2.09. The Morgan fingerprint density at radius 3 is 2.61 bits per heavy atom. The predicted octanol–water partition coefficient (Wildman–Crippen LogP) is 4.28. The Morgan fingerprint density at radius 2 is 1.94 bits per heavy atom. The number of nitrogens with one attached hydrogen (secondary N) is 1. The van der Waals surface area contributed by atoms with Crippen molar-refractivity contribution in [3.8, 4) is 0 Å². The zero-order valence-corrected chi connectivity index (χ0v) is 12.1. The average Bonchev–Trinajstić information content (AvgIpc) is 3.05. The smallest absolute Gasteiger partial charge is 0.0210 e. The van der Waals surface area contributed by atoms with Crippen molar-refractivity contribution in [2.75, 3.05) is 0 Å². The Balaban J connectivity index is 1.59. The van der Waals surface area contributed by atoms with Crippen LogP contribution in [-0.4, -0.2) is 11.3 Å². The van der Waals surface area contributed by atoms with Crippen molar-refractivity contribution >= 4 is 11.8 Å². The third-order valence-corrected chi connectivity index (χ3v) is 5.41. The van der Waals surface area contributed by atoms with Gasteiger partial charge in [0.05, 0.1) is 0 Å². The van der Waals surface area contributed by atoms with Crippen molar-refractivity contribution < 1.29 is 0 Å². The van der Waals surface area contributed by atoms with Crippen LogP contribution in [-0.2, 0) is 6.54 Å². The predicted molar refractivity (Wildman–Crippen MR) is 79.2 cm³/mol. The second-order valence-corrected chi connectivity index (χ2v) is 7.14. The standard InChI is InChI=1S/C16H23NS/c1-12-10-16(18-15-4-2-3-5-15)9-6-13(12)11-17-14-7-8-14/h6,9-10,14-15,17H,2-5,7-8,11H2,1H3. The van der Waals surface area contributed by atoms with E-state index in [0.29, 0.717) is 0 Å². The van der Waals surface area contributed by atoms with Crippen LogP contribution in [0, 0.1) is 6.92 Å². The number of thioether (sulfide) groups is 1. The molecule has 0 unspecified atom stereocenters. The minimum atomic E-state index is 0.803. The van der Waals surface area contributed by atoms with Crippen LogP contribution >= 0.6 is 11.8 Å². The van der Waals surface area contributed by atoms with E-state index in [4.69, 9.17) is 0 Å². The van der Waals surface area contributed by atoms with Crippen LogP contribution in [0.2, 0.25) is 0 Å². The third kappa shape index (κ3) is 3.30. The van der Waals surface area contributed by atoms with Gasteiger partial charge in [-0.25, -0.2) is 0 Å². The van der Waals surface area contributed by atoms with Gasteiger partial charge in [-0.15, -0.1) is 11.8 Å². The van der Waals surface area contributed by atoms with Gasteiger partial charge < -0.3 is 5.32 Å². The van der Waals surface area contributed by atoms with E-state index >= 15 is 0 Å². The van der Waals surface area contributed by atoms with Gasteiger partial charge >= 0.3 is 0 Å². The first-order valence-electron chi connectivity index (χ1n) is 7.31. The molecule has 1 nitrogen and oxygen atoms in total. The van der Waals surface area contributed by atoms with Crippen molar-refractivity contribution in [1.82, 2.24) is 5.32 Å². The Bertz CT molecular complexity index is 406. The fourth-order valence-corrected chi connectivity index (χ4v) is 4.03. The number of rotatable bonds is 5. The molecule has 2 heteroatoms. The quantitative estimate of drug-likeness (QED) is 0.849. The minimum Gasteiger partial charge on any atom is -0.310 e. The monoisotopic (exact) mass is 261 g/mol. The van der Waals surface area contributed by atoms with Gasteiger partial charge in [0, 0.05) is 22.7 Å². The van der Waals surface area contributed by atoms with Crippen molar-refractivity contribution in [2.24, 2.45) is 0 Å². The summed E-state index contributed by atoms with van der Waals surface area (Å²) in [4.78, 5) is 1.47. The molecule has 0 heterocycles. The van der Waals surface area contributed by atoms with E-state index in [0.717, 1.165) is 17.8 Å². The molecule has 1 N–H and O–H groups in total. The molecule has 98 valence electrons. The topological polar surface area (TPSA) is 12.0 Å². The highest BCUT2D eigenvalue weighted by atomic mass is 32.2. The summed E-state index contributed by atoms with van der Waals surface area (Å²) in [7, 11) is 0. The molecule has 2 fully saturated rings. The maximum absolute atomic E-state index is 3.60. The highest BCUT2D eigenvalue weighted by Crippen LogP contribution is 2.35. The molecule has 0 saturated heterocycles. The molecule has 2 saturated carbocycles. The summed E-state index contributed by atoms with van der Waals surface area (Å²) in [5.74, 6) is 0. The number of aryl methyl sites for hydroxylation is 1. The summed E-state index contributed by atoms with van der Waals surface area (Å²) in [5.41, 5.74) is 2.92. The number of hydrogen-bond donors (Lipinski definition) is 1. The molecule has 2 aliphatic rings. The van der Waals surface area contributed by atoms with Crippen molar-refractivity contribution in [2.45, 2.75) is 68.2 Å². The van der Waals surface area contributed by atoms with Crippen LogP contribution in [0.25, 0.3) is 0 Å². The van der Waals surface area contributed by atoms with Crippen LogP contribution in [0.4, 0.5) is 0 Å². The lowest BCUT2D eigenvalue weighted by molar-refractivity contribution is 0.685. The van der Waals surface area contributed by atoms with E-state index in [1.807, 2.05) is 0 Å². The zero-order valence-electron chi connectivity index (χ0n) is 11.2. The SMILES string of the molecule is Cc1cc(SC2CCCC2)ccc1CNC1CC1. The highest BCUT2D eigenvalue weighted by molar-refractivity contribution is 8.00.